The van der Waals surface area contributed by atoms with Crippen LogP contribution in [0.1, 0.15) is 61.3 Å². The molecule has 4 unspecified atom stereocenters. The van der Waals surface area contributed by atoms with Crippen molar-refractivity contribution in [1.82, 2.24) is 16.0 Å². The maximum atomic E-state index is 12.6. The first kappa shape index (κ1) is 35.2. The second-order valence-electron chi connectivity index (χ2n) is 11.1. The highest BCUT2D eigenvalue weighted by Gasteiger charge is 2.59. The number of hydrogen-bond donors (Lipinski definition) is 5. The Kier molecular flexibility index (Phi) is 12.3. The van der Waals surface area contributed by atoms with E-state index >= 15 is 0 Å². The lowest BCUT2D eigenvalue weighted by atomic mass is 9.93. The van der Waals surface area contributed by atoms with E-state index in [1.54, 1.807) is 41.5 Å². The van der Waals surface area contributed by atoms with Crippen molar-refractivity contribution in [1.29, 1.82) is 0 Å². The molecule has 0 aromatic carbocycles. The topological polar surface area (TPSA) is 176 Å². The van der Waals surface area contributed by atoms with Crippen LogP contribution in [0, 0.1) is 5.92 Å². The van der Waals surface area contributed by atoms with Crippen molar-refractivity contribution in [3.8, 4) is 0 Å². The Morgan fingerprint density at radius 3 is 1.67 bits per heavy atom. The van der Waals surface area contributed by atoms with Gasteiger partial charge >= 0.3 is 18.2 Å². The van der Waals surface area contributed by atoms with Gasteiger partial charge in [-0.1, -0.05) is 0 Å². The minimum absolute atomic E-state index is 0.0148. The van der Waals surface area contributed by atoms with Crippen molar-refractivity contribution < 1.29 is 38.9 Å². The summed E-state index contributed by atoms with van der Waals surface area (Å²) in [7, 11) is 0. The second kappa shape index (κ2) is 13.7. The summed E-state index contributed by atoms with van der Waals surface area (Å²) in [6.45, 7) is 11.2. The summed E-state index contributed by atoms with van der Waals surface area (Å²) in [6.07, 6.45) is 3.68. The van der Waals surface area contributed by atoms with Crippen LogP contribution in [-0.4, -0.2) is 91.3 Å². The Balaban J connectivity index is 3.64. The van der Waals surface area contributed by atoms with Crippen LogP contribution in [0.25, 0.3) is 0 Å². The van der Waals surface area contributed by atoms with E-state index in [-0.39, 0.29) is 18.8 Å². The van der Waals surface area contributed by atoms with Gasteiger partial charge in [0.05, 0.1) is 6.04 Å². The van der Waals surface area contributed by atoms with E-state index in [4.69, 9.17) is 9.47 Å². The molecule has 39 heavy (non-hydrogen) atoms. The molecule has 0 saturated heterocycles. The highest BCUT2D eigenvalue weighted by Crippen LogP contribution is 2.58. The molecule has 1 aliphatic carbocycles. The van der Waals surface area contributed by atoms with Crippen LogP contribution in [-0.2, 0) is 19.1 Å². The van der Waals surface area contributed by atoms with Crippen LogP contribution < -0.4 is 16.0 Å². The summed E-state index contributed by atoms with van der Waals surface area (Å²) in [5.41, 5.74) is -3.14. The normalized spacial score (nSPS) is 22.3. The lowest BCUT2D eigenvalue weighted by molar-refractivity contribution is -0.143. The maximum Gasteiger partial charge on any atom is 0.414 e. The molecule has 1 fully saturated rings. The average molecular weight is 611 g/mol. The summed E-state index contributed by atoms with van der Waals surface area (Å²) >= 11 is 4.25. The number of rotatable bonds is 8. The zero-order chi connectivity index (χ0) is 30.4. The predicted octanol–water partition coefficient (Wildman–Crippen LogP) is 3.23. The molecule has 0 bridgehead atoms. The Morgan fingerprint density at radius 2 is 1.33 bits per heavy atom. The lowest BCUT2D eigenvalue weighted by Crippen LogP contribution is -2.50. The number of carbonyl (C=O) groups is 4. The Morgan fingerprint density at radius 1 is 0.897 bits per heavy atom. The number of hydrogen-bond acceptors (Lipinski definition) is 11. The molecular formula is C24H42N4O8S3. The molecule has 0 aliphatic heterocycles. The van der Waals surface area contributed by atoms with Crippen molar-refractivity contribution in [3.63, 3.8) is 0 Å². The number of nitrogens with one attached hydrogen (secondary N) is 3. The molecule has 3 amide bonds. The van der Waals surface area contributed by atoms with Crippen LogP contribution >= 0.6 is 35.3 Å². The molecular weight excluding hydrogens is 568 g/mol. The van der Waals surface area contributed by atoms with Gasteiger partial charge < -0.3 is 25.0 Å². The van der Waals surface area contributed by atoms with Gasteiger partial charge in [-0.3, -0.25) is 15.4 Å². The monoisotopic (exact) mass is 610 g/mol. The minimum atomic E-state index is -1.43. The summed E-state index contributed by atoms with van der Waals surface area (Å²) in [6, 6.07) is -2.33. The lowest BCUT2D eigenvalue weighted by Gasteiger charge is -2.42. The van der Waals surface area contributed by atoms with Gasteiger partial charge in [0.1, 0.15) is 26.3 Å². The Bertz CT molecular complexity index is 906. The van der Waals surface area contributed by atoms with Crippen molar-refractivity contribution >= 4 is 65.3 Å². The van der Waals surface area contributed by atoms with E-state index in [1.165, 1.54) is 42.2 Å². The number of carboxylic acids is 1. The quantitative estimate of drug-likeness (QED) is 0.155. The summed E-state index contributed by atoms with van der Waals surface area (Å²) < 4.78 is 9.80. The zero-order valence-corrected chi connectivity index (χ0v) is 26.6. The molecule has 1 aliphatic rings. The number of carboxylic acid groups (broad SMARTS) is 1. The van der Waals surface area contributed by atoms with Crippen molar-refractivity contribution in [2.24, 2.45) is 10.9 Å². The minimum Gasteiger partial charge on any atom is -0.480 e. The number of aliphatic imine (C=N–C) groups is 1. The first-order valence-electron chi connectivity index (χ1n) is 12.2. The summed E-state index contributed by atoms with van der Waals surface area (Å²) in [4.78, 5) is 53.8. The molecule has 0 aromatic heterocycles. The van der Waals surface area contributed by atoms with Gasteiger partial charge in [-0.25, -0.2) is 19.4 Å². The van der Waals surface area contributed by atoms with Crippen molar-refractivity contribution in [2.45, 2.75) is 93.6 Å². The van der Waals surface area contributed by atoms with Crippen LogP contribution in [0.3, 0.4) is 0 Å². The van der Waals surface area contributed by atoms with Crippen LogP contribution in [0.2, 0.25) is 0 Å². The van der Waals surface area contributed by atoms with Crippen LogP contribution in [0.4, 0.5) is 9.59 Å². The van der Waals surface area contributed by atoms with Gasteiger partial charge in [-0.15, -0.1) is 35.3 Å². The number of alkyl carbamates (subject to hydrolysis) is 2. The number of amides is 3. The van der Waals surface area contributed by atoms with Crippen molar-refractivity contribution in [3.05, 3.63) is 0 Å². The number of thioether (sulfide) groups is 3. The molecule has 5 N–H and O–H groups in total. The highest BCUT2D eigenvalue weighted by atomic mass is 32.3. The van der Waals surface area contributed by atoms with Gasteiger partial charge in [0.15, 0.2) is 0 Å². The summed E-state index contributed by atoms with van der Waals surface area (Å²) in [5.74, 6) is -3.10. The number of ether oxygens (including phenoxy) is 2. The molecule has 0 radical (unpaired) electrons. The van der Waals surface area contributed by atoms with E-state index < -0.39 is 62.3 Å². The third-order valence-corrected chi connectivity index (χ3v) is 11.3. The first-order chi connectivity index (χ1) is 17.7. The van der Waals surface area contributed by atoms with Gasteiger partial charge in [0.2, 0.25) is 11.9 Å². The first-order valence-corrected chi connectivity index (χ1v) is 15.8. The van der Waals surface area contributed by atoms with Gasteiger partial charge in [-0.2, -0.15) is 0 Å². The van der Waals surface area contributed by atoms with E-state index in [1.807, 2.05) is 18.8 Å². The SMILES string of the molecule is CSC(SC)(SC)C1(O)CC(N=C(NC(=O)OC(C)(C)C)NC(=O)OC(C)(C)C)C(C(NC(C)=O)C(=O)O)C1. The van der Waals surface area contributed by atoms with Crippen LogP contribution in [0.15, 0.2) is 4.99 Å². The molecule has 1 saturated carbocycles. The fourth-order valence-electron chi connectivity index (χ4n) is 4.29. The van der Waals surface area contributed by atoms with Gasteiger partial charge in [0, 0.05) is 19.3 Å². The molecule has 12 nitrogen and oxygen atoms in total. The number of guanidine groups is 1. The molecule has 0 heterocycles. The number of aliphatic hydroxyl groups is 1. The van der Waals surface area contributed by atoms with E-state index in [2.05, 4.69) is 20.9 Å². The van der Waals surface area contributed by atoms with E-state index in [0.717, 1.165) is 0 Å². The number of aliphatic carboxylic acids is 1. The zero-order valence-electron chi connectivity index (χ0n) is 24.2. The Labute approximate surface area is 243 Å². The molecule has 224 valence electrons. The van der Waals surface area contributed by atoms with Crippen LogP contribution in [0.5, 0.6) is 0 Å². The Hall–Kier alpha value is -1.84. The summed E-state index contributed by atoms with van der Waals surface area (Å²) in [5, 5.41) is 29.2. The molecule has 4 atom stereocenters. The smallest absolute Gasteiger partial charge is 0.414 e. The number of nitrogens with zero attached hydrogens (tertiary/aromatic N) is 1. The largest absolute Gasteiger partial charge is 0.480 e. The predicted molar refractivity (Wildman–Crippen MR) is 156 cm³/mol. The third-order valence-electron chi connectivity index (χ3n) is 5.58. The fraction of sp³-hybridized carbons (Fsp3) is 0.792. The van der Waals surface area contributed by atoms with E-state index in [9.17, 15) is 29.4 Å². The molecule has 0 aromatic rings. The maximum absolute atomic E-state index is 12.6. The standard InChI is InChI=1S/C24H42N4O8S3/c1-13(29)25-16(17(30)31)14-11-23(34,24(37-8,38-9)39-10)12-15(14)26-18(27-19(32)35-21(2,3)4)28-20(33)36-22(5,6)7/h14-16,34H,11-12H2,1-10H3,(H,25,29)(H,30,31)(H2,26,27,28,32,33). The number of carbonyl (C=O) groups excluding carboxylic acids is 3. The van der Waals surface area contributed by atoms with Gasteiger partial charge in [-0.05, 0) is 66.7 Å². The third kappa shape index (κ3) is 10.3. The molecule has 15 heteroatoms. The van der Waals surface area contributed by atoms with Gasteiger partial charge in [0.25, 0.3) is 0 Å². The van der Waals surface area contributed by atoms with E-state index in [0.29, 0.717) is 0 Å². The fourth-order valence-corrected chi connectivity index (χ4v) is 7.93. The second-order valence-corrected chi connectivity index (χ2v) is 14.9. The highest BCUT2D eigenvalue weighted by molar-refractivity contribution is 8.33. The molecule has 1 rings (SSSR count). The molecule has 0 spiro atoms. The average Bonchev–Trinajstić information content (AvgIpc) is 3.07. The van der Waals surface area contributed by atoms with Crippen molar-refractivity contribution in [2.75, 3.05) is 18.8 Å².